The number of aromatic nitrogens is 2. The van der Waals surface area contributed by atoms with Gasteiger partial charge in [0.05, 0.1) is 30.2 Å². The zero-order valence-electron chi connectivity index (χ0n) is 18.7. The molecule has 3 aromatic rings. The highest BCUT2D eigenvalue weighted by Gasteiger charge is 2.48. The molecule has 1 aliphatic heterocycles. The van der Waals surface area contributed by atoms with Crippen molar-refractivity contribution in [3.05, 3.63) is 66.5 Å². The number of carbonyl (C=O) groups is 1. The summed E-state index contributed by atoms with van der Waals surface area (Å²) in [5.74, 6) is 1.41. The Kier molecular flexibility index (Phi) is 5.29. The van der Waals surface area contributed by atoms with Gasteiger partial charge in [-0.1, -0.05) is 25.1 Å². The number of nitrogens with zero attached hydrogens (tertiary/aromatic N) is 3. The molecule has 0 spiro atoms. The third-order valence-electron chi connectivity index (χ3n) is 6.60. The summed E-state index contributed by atoms with van der Waals surface area (Å²) in [5, 5.41) is 3.72. The van der Waals surface area contributed by atoms with Gasteiger partial charge in [0.2, 0.25) is 11.8 Å². The largest absolute Gasteiger partial charge is 0.481 e. The van der Waals surface area contributed by atoms with Gasteiger partial charge in [0.1, 0.15) is 0 Å². The van der Waals surface area contributed by atoms with Crippen LogP contribution in [0.1, 0.15) is 38.4 Å². The molecule has 2 aliphatic rings. The number of nitrogens with one attached hydrogen (secondary N) is 1. The Morgan fingerprint density at radius 3 is 2.50 bits per heavy atom. The van der Waals surface area contributed by atoms with E-state index in [2.05, 4.69) is 29.4 Å². The molecule has 2 aromatic heterocycles. The Bertz CT molecular complexity index is 1110. The van der Waals surface area contributed by atoms with Crippen molar-refractivity contribution in [1.82, 2.24) is 9.97 Å². The summed E-state index contributed by atoms with van der Waals surface area (Å²) in [7, 11) is 1.60. The molecular weight excluding hydrogens is 400 g/mol. The molecule has 1 fully saturated rings. The number of hydrogen-bond donors (Lipinski definition) is 1. The molecule has 0 radical (unpaired) electrons. The van der Waals surface area contributed by atoms with Crippen LogP contribution in [0.15, 0.2) is 60.8 Å². The third kappa shape index (κ3) is 3.70. The lowest BCUT2D eigenvalue weighted by Gasteiger charge is -2.45. The molecule has 6 nitrogen and oxygen atoms in total. The molecule has 3 atom stereocenters. The first kappa shape index (κ1) is 20.5. The Balaban J connectivity index is 1.61. The lowest BCUT2D eigenvalue weighted by Crippen LogP contribution is -2.51. The van der Waals surface area contributed by atoms with E-state index >= 15 is 0 Å². The molecule has 1 saturated carbocycles. The Labute approximate surface area is 188 Å². The van der Waals surface area contributed by atoms with Crippen LogP contribution >= 0.6 is 0 Å². The number of benzene rings is 1. The van der Waals surface area contributed by atoms with Crippen LogP contribution in [0.2, 0.25) is 0 Å². The average Bonchev–Trinajstić information content (AvgIpc) is 3.66. The highest BCUT2D eigenvalue weighted by molar-refractivity contribution is 5.94. The fourth-order valence-electron chi connectivity index (χ4n) is 4.93. The lowest BCUT2D eigenvalue weighted by molar-refractivity contribution is -0.117. The molecule has 1 aromatic carbocycles. The smallest absolute Gasteiger partial charge is 0.224 e. The SMILES string of the molecule is COc1ccc(-c2ccc3c(n2)C(Nc2ccccc2)C(C)[C@H](C2CC2)N3C(C)=O)cn1. The van der Waals surface area contributed by atoms with E-state index in [0.717, 1.165) is 28.3 Å². The van der Waals surface area contributed by atoms with Crippen molar-refractivity contribution in [2.45, 2.75) is 38.8 Å². The van der Waals surface area contributed by atoms with Gasteiger partial charge in [0, 0.05) is 42.4 Å². The summed E-state index contributed by atoms with van der Waals surface area (Å²) in [6.45, 7) is 3.91. The molecule has 5 rings (SSSR count). The molecule has 6 heteroatoms. The van der Waals surface area contributed by atoms with Gasteiger partial charge in [0.15, 0.2) is 0 Å². The van der Waals surface area contributed by atoms with Gasteiger partial charge in [-0.2, -0.15) is 0 Å². The number of ether oxygens (including phenoxy) is 1. The highest BCUT2D eigenvalue weighted by Crippen LogP contribution is 2.49. The van der Waals surface area contributed by atoms with Gasteiger partial charge < -0.3 is 15.0 Å². The zero-order valence-corrected chi connectivity index (χ0v) is 18.7. The summed E-state index contributed by atoms with van der Waals surface area (Å²) in [6, 6.07) is 18.2. The van der Waals surface area contributed by atoms with Gasteiger partial charge in [0.25, 0.3) is 0 Å². The van der Waals surface area contributed by atoms with E-state index in [0.29, 0.717) is 11.8 Å². The summed E-state index contributed by atoms with van der Waals surface area (Å²) in [5.41, 5.74) is 4.62. The normalized spacial score (nSPS) is 22.2. The molecule has 1 aliphatic carbocycles. The number of anilines is 2. The van der Waals surface area contributed by atoms with Crippen molar-refractivity contribution in [2.24, 2.45) is 11.8 Å². The third-order valence-corrected chi connectivity index (χ3v) is 6.60. The van der Waals surface area contributed by atoms with E-state index in [-0.39, 0.29) is 23.9 Å². The van der Waals surface area contributed by atoms with Gasteiger partial charge in [-0.25, -0.2) is 9.97 Å². The van der Waals surface area contributed by atoms with Crippen LogP contribution in [-0.4, -0.2) is 29.0 Å². The molecule has 1 amide bonds. The van der Waals surface area contributed by atoms with Crippen LogP contribution < -0.4 is 15.0 Å². The molecule has 3 heterocycles. The molecule has 2 unspecified atom stereocenters. The van der Waals surface area contributed by atoms with Crippen molar-refractivity contribution < 1.29 is 9.53 Å². The van der Waals surface area contributed by atoms with Crippen molar-refractivity contribution in [3.63, 3.8) is 0 Å². The first-order chi connectivity index (χ1) is 15.6. The first-order valence-corrected chi connectivity index (χ1v) is 11.2. The quantitative estimate of drug-likeness (QED) is 0.613. The second-order valence-corrected chi connectivity index (χ2v) is 8.75. The second-order valence-electron chi connectivity index (χ2n) is 8.75. The van der Waals surface area contributed by atoms with E-state index in [4.69, 9.17) is 9.72 Å². The van der Waals surface area contributed by atoms with Crippen LogP contribution in [-0.2, 0) is 4.79 Å². The van der Waals surface area contributed by atoms with Crippen molar-refractivity contribution >= 4 is 17.3 Å². The van der Waals surface area contributed by atoms with E-state index in [9.17, 15) is 4.79 Å². The Morgan fingerprint density at radius 1 is 1.09 bits per heavy atom. The number of carbonyl (C=O) groups excluding carboxylic acids is 1. The number of para-hydroxylation sites is 1. The maximum atomic E-state index is 12.8. The van der Waals surface area contributed by atoms with Crippen molar-refractivity contribution in [3.8, 4) is 17.1 Å². The number of rotatable bonds is 5. The predicted molar refractivity (Wildman–Crippen MR) is 126 cm³/mol. The molecule has 1 N–H and O–H groups in total. The first-order valence-electron chi connectivity index (χ1n) is 11.2. The number of methoxy groups -OCH3 is 1. The Hall–Kier alpha value is -3.41. The average molecular weight is 429 g/mol. The molecule has 0 saturated heterocycles. The summed E-state index contributed by atoms with van der Waals surface area (Å²) < 4.78 is 5.19. The monoisotopic (exact) mass is 428 g/mol. The maximum absolute atomic E-state index is 12.8. The fraction of sp³-hybridized carbons (Fsp3) is 0.346. The Morgan fingerprint density at radius 2 is 1.88 bits per heavy atom. The topological polar surface area (TPSA) is 67.3 Å². The summed E-state index contributed by atoms with van der Waals surface area (Å²) in [4.78, 5) is 24.2. The van der Waals surface area contributed by atoms with E-state index in [1.807, 2.05) is 47.4 Å². The molecule has 32 heavy (non-hydrogen) atoms. The molecule has 0 bridgehead atoms. The minimum Gasteiger partial charge on any atom is -0.481 e. The maximum Gasteiger partial charge on any atom is 0.224 e. The van der Waals surface area contributed by atoms with Gasteiger partial charge >= 0.3 is 0 Å². The van der Waals surface area contributed by atoms with Gasteiger partial charge in [-0.05, 0) is 49.1 Å². The molecular formula is C26H28N4O2. The van der Waals surface area contributed by atoms with Crippen LogP contribution in [0.5, 0.6) is 5.88 Å². The summed E-state index contributed by atoms with van der Waals surface area (Å²) >= 11 is 0. The van der Waals surface area contributed by atoms with E-state index in [1.54, 1.807) is 20.2 Å². The van der Waals surface area contributed by atoms with Gasteiger partial charge in [-0.3, -0.25) is 4.79 Å². The fourth-order valence-corrected chi connectivity index (χ4v) is 4.93. The van der Waals surface area contributed by atoms with Gasteiger partial charge in [-0.15, -0.1) is 0 Å². The minimum atomic E-state index is -0.000225. The van der Waals surface area contributed by atoms with Crippen molar-refractivity contribution in [1.29, 1.82) is 0 Å². The second kappa shape index (κ2) is 8.26. The van der Waals surface area contributed by atoms with Crippen LogP contribution in [0.25, 0.3) is 11.3 Å². The van der Waals surface area contributed by atoms with E-state index in [1.165, 1.54) is 12.8 Å². The number of fused-ring (bicyclic) bond motifs is 1. The number of hydrogen-bond acceptors (Lipinski definition) is 5. The summed E-state index contributed by atoms with van der Waals surface area (Å²) in [6.07, 6.45) is 4.12. The number of pyridine rings is 2. The van der Waals surface area contributed by atoms with Crippen LogP contribution in [0, 0.1) is 11.8 Å². The number of amides is 1. The highest BCUT2D eigenvalue weighted by atomic mass is 16.5. The predicted octanol–water partition coefficient (Wildman–Crippen LogP) is 5.09. The standard InChI is InChI=1S/C26H28N4O2/c1-16-24(28-20-7-5-4-6-8-20)25-22(30(17(2)31)26(16)18-9-10-18)13-12-21(29-25)19-11-14-23(32-3)27-15-19/h4-8,11-16,18,24,26,28H,9-10H2,1-3H3/t16?,24?,26-/m1/s1. The molecule has 164 valence electrons. The lowest BCUT2D eigenvalue weighted by atomic mass is 9.82. The van der Waals surface area contributed by atoms with Crippen LogP contribution in [0.4, 0.5) is 11.4 Å². The minimum absolute atomic E-state index is 0.000225. The van der Waals surface area contributed by atoms with Crippen LogP contribution in [0.3, 0.4) is 0 Å². The van der Waals surface area contributed by atoms with Crippen molar-refractivity contribution in [2.75, 3.05) is 17.3 Å². The zero-order chi connectivity index (χ0) is 22.2. The van der Waals surface area contributed by atoms with E-state index < -0.39 is 0 Å².